The molecule has 0 radical (unpaired) electrons. The van der Waals surface area contributed by atoms with Gasteiger partial charge in [-0.15, -0.1) is 0 Å². The van der Waals surface area contributed by atoms with Gasteiger partial charge in [-0.25, -0.2) is 0 Å². The normalized spacial score (nSPS) is 11.2. The molecule has 0 aromatic carbocycles. The maximum atomic E-state index is 8.84. The van der Waals surface area contributed by atoms with Crippen molar-refractivity contribution < 1.29 is 10.2 Å². The molecule has 0 saturated carbocycles. The summed E-state index contributed by atoms with van der Waals surface area (Å²) in [6.45, 7) is 3.64. The molecule has 2 N–H and O–H groups in total. The van der Waals surface area contributed by atoms with Gasteiger partial charge in [-0.2, -0.15) is 0 Å². The fourth-order valence-corrected chi connectivity index (χ4v) is 0.448. The zero-order valence-electron chi connectivity index (χ0n) is 5.76. The largest absolute Gasteiger partial charge is 0.508 e. The minimum absolute atomic E-state index is 0.115. The van der Waals surface area contributed by atoms with E-state index in [1.165, 1.54) is 6.08 Å². The van der Waals surface area contributed by atoms with Crippen LogP contribution in [0.5, 0.6) is 0 Å². The van der Waals surface area contributed by atoms with Gasteiger partial charge < -0.3 is 10.2 Å². The zero-order chi connectivity index (χ0) is 7.28. The van der Waals surface area contributed by atoms with Crippen molar-refractivity contribution in [2.75, 3.05) is 6.61 Å². The van der Waals surface area contributed by atoms with Gasteiger partial charge in [-0.3, -0.25) is 0 Å². The quantitative estimate of drug-likeness (QED) is 0.435. The average Bonchev–Trinajstić information content (AvgIpc) is 1.63. The Morgan fingerprint density at radius 3 is 2.33 bits per heavy atom. The molecule has 9 heavy (non-hydrogen) atoms. The number of rotatable bonds is 2. The number of aliphatic hydroxyl groups is 2. The van der Waals surface area contributed by atoms with Gasteiger partial charge in [0.15, 0.2) is 0 Å². The van der Waals surface area contributed by atoms with Crippen LogP contribution in [0.25, 0.3) is 0 Å². The highest BCUT2D eigenvalue weighted by molar-refractivity contribution is 5.14. The molecular formula is C7H12O2. The number of aliphatic hydroxyl groups excluding tert-OH is 2. The zero-order valence-corrected chi connectivity index (χ0v) is 5.76. The average molecular weight is 128 g/mol. The summed E-state index contributed by atoms with van der Waals surface area (Å²) < 4.78 is 0. The Morgan fingerprint density at radius 2 is 2.00 bits per heavy atom. The van der Waals surface area contributed by atoms with E-state index in [1.54, 1.807) is 6.08 Å². The topological polar surface area (TPSA) is 40.5 Å². The van der Waals surface area contributed by atoms with Gasteiger partial charge >= 0.3 is 0 Å². The van der Waals surface area contributed by atoms with Gasteiger partial charge in [0.25, 0.3) is 0 Å². The molecule has 0 spiro atoms. The Labute approximate surface area is 55.1 Å². The molecule has 0 saturated heterocycles. The Hall–Kier alpha value is -0.760. The third kappa shape index (κ3) is 5.11. The monoisotopic (exact) mass is 128 g/mol. The van der Waals surface area contributed by atoms with Crippen LogP contribution in [-0.2, 0) is 0 Å². The third-order valence-corrected chi connectivity index (χ3v) is 0.737. The fraction of sp³-hybridized carbons (Fsp3) is 0.429. The molecule has 0 bridgehead atoms. The highest BCUT2D eigenvalue weighted by atomic mass is 16.3. The molecule has 2 heteroatoms. The van der Waals surface area contributed by atoms with Crippen LogP contribution in [0.4, 0.5) is 0 Å². The Bertz CT molecular complexity index is 130. The van der Waals surface area contributed by atoms with Crippen molar-refractivity contribution in [3.05, 3.63) is 23.5 Å². The molecule has 0 atom stereocenters. The summed E-state index contributed by atoms with van der Waals surface area (Å²) in [5.74, 6) is 0.123. The second-order valence-corrected chi connectivity index (χ2v) is 2.03. The number of hydrogen-bond donors (Lipinski definition) is 2. The highest BCUT2D eigenvalue weighted by Crippen LogP contribution is 1.95. The van der Waals surface area contributed by atoms with E-state index < -0.39 is 0 Å². The first-order valence-corrected chi connectivity index (χ1v) is 2.81. The van der Waals surface area contributed by atoms with Crippen LogP contribution in [0.3, 0.4) is 0 Å². The maximum Gasteiger partial charge on any atom is 0.113 e. The highest BCUT2D eigenvalue weighted by Gasteiger charge is 1.83. The van der Waals surface area contributed by atoms with E-state index in [0.717, 1.165) is 5.57 Å². The molecule has 0 aliphatic rings. The maximum absolute atomic E-state index is 8.84. The smallest absolute Gasteiger partial charge is 0.113 e. The van der Waals surface area contributed by atoms with Crippen molar-refractivity contribution in [2.24, 2.45) is 0 Å². The lowest BCUT2D eigenvalue weighted by molar-refractivity contribution is 0.332. The van der Waals surface area contributed by atoms with E-state index in [4.69, 9.17) is 10.2 Å². The lowest BCUT2D eigenvalue weighted by atomic mass is 10.3. The molecule has 2 nitrogen and oxygen atoms in total. The predicted octanol–water partition coefficient (Wildman–Crippen LogP) is 1.39. The molecule has 0 heterocycles. The molecule has 52 valence electrons. The first kappa shape index (κ1) is 8.24. The number of allylic oxidation sites excluding steroid dienone is 2. The van der Waals surface area contributed by atoms with E-state index in [0.29, 0.717) is 0 Å². The van der Waals surface area contributed by atoms with Gasteiger partial charge in [-0.05, 0) is 26.0 Å². The summed E-state index contributed by atoms with van der Waals surface area (Å²) in [7, 11) is 0. The second kappa shape index (κ2) is 4.15. The Morgan fingerprint density at radius 1 is 1.44 bits per heavy atom. The van der Waals surface area contributed by atoms with Crippen molar-refractivity contribution in [1.82, 2.24) is 0 Å². The van der Waals surface area contributed by atoms with Crippen molar-refractivity contribution >= 4 is 0 Å². The minimum atomic E-state index is -0.115. The third-order valence-electron chi connectivity index (χ3n) is 0.737. The Balaban J connectivity index is 3.90. The second-order valence-electron chi connectivity index (χ2n) is 2.03. The summed E-state index contributed by atoms with van der Waals surface area (Å²) in [4.78, 5) is 0. The van der Waals surface area contributed by atoms with E-state index >= 15 is 0 Å². The van der Waals surface area contributed by atoms with Crippen LogP contribution >= 0.6 is 0 Å². The van der Waals surface area contributed by atoms with Crippen molar-refractivity contribution in [1.29, 1.82) is 0 Å². The number of hydrogen-bond acceptors (Lipinski definition) is 2. The van der Waals surface area contributed by atoms with Crippen molar-refractivity contribution in [3.63, 3.8) is 0 Å². The first-order valence-electron chi connectivity index (χ1n) is 2.81. The lowest BCUT2D eigenvalue weighted by Crippen LogP contribution is -1.79. The van der Waals surface area contributed by atoms with Gasteiger partial charge in [0.2, 0.25) is 0 Å². The van der Waals surface area contributed by atoms with Crippen LogP contribution in [0.1, 0.15) is 13.8 Å². The van der Waals surface area contributed by atoms with E-state index in [2.05, 4.69) is 0 Å². The molecule has 0 aliphatic heterocycles. The van der Waals surface area contributed by atoms with Crippen LogP contribution in [0, 0.1) is 0 Å². The standard InChI is InChI=1S/C7H12O2/c1-6(2)5-7(9)3-4-8/h3,5,8-9H,4H2,1-2H3/b7-3+. The molecule has 0 aromatic rings. The summed E-state index contributed by atoms with van der Waals surface area (Å²) >= 11 is 0. The predicted molar refractivity (Wildman–Crippen MR) is 37.2 cm³/mol. The summed E-state index contributed by atoms with van der Waals surface area (Å²) in [5, 5.41) is 17.1. The van der Waals surface area contributed by atoms with Crippen LogP contribution < -0.4 is 0 Å². The van der Waals surface area contributed by atoms with Gasteiger partial charge in [0.1, 0.15) is 5.76 Å². The summed E-state index contributed by atoms with van der Waals surface area (Å²) in [6, 6.07) is 0. The molecule has 0 unspecified atom stereocenters. The molecule has 0 fully saturated rings. The lowest BCUT2D eigenvalue weighted by Gasteiger charge is -1.89. The van der Waals surface area contributed by atoms with Crippen molar-refractivity contribution in [2.45, 2.75) is 13.8 Å². The Kier molecular flexibility index (Phi) is 3.80. The molecule has 0 amide bonds. The van der Waals surface area contributed by atoms with Crippen LogP contribution in [0.15, 0.2) is 23.5 Å². The molecule has 0 rings (SSSR count). The van der Waals surface area contributed by atoms with E-state index in [1.807, 2.05) is 13.8 Å². The first-order chi connectivity index (χ1) is 4.16. The SMILES string of the molecule is CC(C)=C/C(O)=C\CO. The van der Waals surface area contributed by atoms with E-state index in [9.17, 15) is 0 Å². The summed E-state index contributed by atoms with van der Waals surface area (Å²) in [5.41, 5.74) is 1.01. The van der Waals surface area contributed by atoms with Gasteiger partial charge in [0.05, 0.1) is 6.61 Å². The molecule has 0 aromatic heterocycles. The van der Waals surface area contributed by atoms with Crippen LogP contribution in [0.2, 0.25) is 0 Å². The van der Waals surface area contributed by atoms with Crippen molar-refractivity contribution in [3.8, 4) is 0 Å². The van der Waals surface area contributed by atoms with Gasteiger partial charge in [-0.1, -0.05) is 5.57 Å². The van der Waals surface area contributed by atoms with Gasteiger partial charge in [0, 0.05) is 0 Å². The van der Waals surface area contributed by atoms with Crippen LogP contribution in [-0.4, -0.2) is 16.8 Å². The minimum Gasteiger partial charge on any atom is -0.508 e. The molecule has 0 aliphatic carbocycles. The fourth-order valence-electron chi connectivity index (χ4n) is 0.448. The van der Waals surface area contributed by atoms with E-state index in [-0.39, 0.29) is 12.4 Å². The summed E-state index contributed by atoms with van der Waals surface area (Å²) in [6.07, 6.45) is 2.93. The molecular weight excluding hydrogens is 116 g/mol.